The van der Waals surface area contributed by atoms with Gasteiger partial charge in [-0.2, -0.15) is 0 Å². The Labute approximate surface area is 101 Å². The van der Waals surface area contributed by atoms with Crippen molar-refractivity contribution in [2.45, 2.75) is 38.9 Å². The number of hydrogen-bond donors (Lipinski definition) is 1. The molecule has 4 heteroatoms. The van der Waals surface area contributed by atoms with Gasteiger partial charge in [0.1, 0.15) is 5.82 Å². The lowest BCUT2D eigenvalue weighted by Gasteiger charge is -2.25. The molecule has 0 radical (unpaired) electrons. The Hall–Kier alpha value is -0.800. The molecule has 1 aliphatic rings. The van der Waals surface area contributed by atoms with Crippen LogP contribution in [0.5, 0.6) is 0 Å². The van der Waals surface area contributed by atoms with Crippen molar-refractivity contribution in [3.8, 4) is 0 Å². The summed E-state index contributed by atoms with van der Waals surface area (Å²) in [6.45, 7) is 3.42. The normalized spacial score (nSPS) is 15.9. The van der Waals surface area contributed by atoms with Gasteiger partial charge in [-0.15, -0.1) is 0 Å². The zero-order chi connectivity index (χ0) is 11.4. The molecule has 0 aromatic carbocycles. The van der Waals surface area contributed by atoms with E-state index in [1.807, 2.05) is 19.1 Å². The summed E-state index contributed by atoms with van der Waals surface area (Å²) in [5.41, 5.74) is 0.826. The number of aromatic nitrogens is 1. The van der Waals surface area contributed by atoms with E-state index in [1.54, 1.807) is 0 Å². The van der Waals surface area contributed by atoms with Gasteiger partial charge in [0.05, 0.1) is 23.4 Å². The summed E-state index contributed by atoms with van der Waals surface area (Å²) in [5, 5.41) is 3.85. The summed E-state index contributed by atoms with van der Waals surface area (Å²) in [5.74, 6) is 0.860. The Morgan fingerprint density at radius 2 is 2.31 bits per heavy atom. The molecule has 1 N–H and O–H groups in total. The molecular formula is C12H17ClN2O. The van der Waals surface area contributed by atoms with Crippen LogP contribution in [0.25, 0.3) is 0 Å². The first-order chi connectivity index (χ1) is 7.79. The van der Waals surface area contributed by atoms with Crippen molar-refractivity contribution in [1.82, 2.24) is 4.98 Å². The molecule has 0 unspecified atom stereocenters. The number of halogens is 1. The molecule has 1 aromatic rings. The zero-order valence-electron chi connectivity index (χ0n) is 9.50. The van der Waals surface area contributed by atoms with Crippen molar-refractivity contribution in [2.24, 2.45) is 0 Å². The first kappa shape index (κ1) is 11.7. The van der Waals surface area contributed by atoms with Crippen LogP contribution in [0.4, 0.5) is 5.82 Å². The molecule has 0 spiro atoms. The third-order valence-electron chi connectivity index (χ3n) is 2.78. The molecule has 0 atom stereocenters. The predicted molar refractivity (Wildman–Crippen MR) is 65.8 cm³/mol. The SMILES string of the molecule is CCNc1ccc(Cl)c(COC2CCC2)n1. The summed E-state index contributed by atoms with van der Waals surface area (Å²) in [6, 6.07) is 3.75. The van der Waals surface area contributed by atoms with Crippen LogP contribution in [-0.4, -0.2) is 17.6 Å². The number of pyridine rings is 1. The number of nitrogens with one attached hydrogen (secondary N) is 1. The maximum atomic E-state index is 6.07. The molecule has 1 aromatic heterocycles. The van der Waals surface area contributed by atoms with E-state index in [-0.39, 0.29) is 0 Å². The van der Waals surface area contributed by atoms with Crippen LogP contribution >= 0.6 is 11.6 Å². The summed E-state index contributed by atoms with van der Waals surface area (Å²) < 4.78 is 5.70. The van der Waals surface area contributed by atoms with E-state index in [2.05, 4.69) is 10.3 Å². The number of nitrogens with zero attached hydrogens (tertiary/aromatic N) is 1. The van der Waals surface area contributed by atoms with E-state index in [4.69, 9.17) is 16.3 Å². The van der Waals surface area contributed by atoms with Gasteiger partial charge in [0, 0.05) is 6.54 Å². The molecule has 16 heavy (non-hydrogen) atoms. The largest absolute Gasteiger partial charge is 0.372 e. The molecule has 1 aliphatic carbocycles. The maximum Gasteiger partial charge on any atom is 0.126 e. The summed E-state index contributed by atoms with van der Waals surface area (Å²) in [7, 11) is 0. The number of anilines is 1. The van der Waals surface area contributed by atoms with Crippen molar-refractivity contribution < 1.29 is 4.74 Å². The van der Waals surface area contributed by atoms with Gasteiger partial charge in [-0.1, -0.05) is 11.6 Å². The molecule has 1 heterocycles. The van der Waals surface area contributed by atoms with Crippen LogP contribution in [0.3, 0.4) is 0 Å². The lowest BCUT2D eigenvalue weighted by molar-refractivity contribution is -0.01000. The van der Waals surface area contributed by atoms with Crippen molar-refractivity contribution in [3.63, 3.8) is 0 Å². The number of hydrogen-bond acceptors (Lipinski definition) is 3. The Kier molecular flexibility index (Phi) is 4.02. The molecule has 3 nitrogen and oxygen atoms in total. The molecule has 0 amide bonds. The zero-order valence-corrected chi connectivity index (χ0v) is 10.3. The highest BCUT2D eigenvalue weighted by Gasteiger charge is 2.18. The highest BCUT2D eigenvalue weighted by atomic mass is 35.5. The first-order valence-electron chi connectivity index (χ1n) is 5.80. The molecule has 88 valence electrons. The third-order valence-corrected chi connectivity index (χ3v) is 3.13. The minimum Gasteiger partial charge on any atom is -0.372 e. The highest BCUT2D eigenvalue weighted by molar-refractivity contribution is 6.31. The highest BCUT2D eigenvalue weighted by Crippen LogP contribution is 2.24. The summed E-state index contributed by atoms with van der Waals surface area (Å²) in [4.78, 5) is 4.42. The minimum atomic E-state index is 0.417. The van der Waals surface area contributed by atoms with Crippen LogP contribution in [0, 0.1) is 0 Å². The van der Waals surface area contributed by atoms with Crippen molar-refractivity contribution in [3.05, 3.63) is 22.8 Å². The fraction of sp³-hybridized carbons (Fsp3) is 0.583. The van der Waals surface area contributed by atoms with Crippen LogP contribution in [0.15, 0.2) is 12.1 Å². The van der Waals surface area contributed by atoms with Crippen molar-refractivity contribution >= 4 is 17.4 Å². The van der Waals surface area contributed by atoms with Crippen LogP contribution in [-0.2, 0) is 11.3 Å². The second-order valence-electron chi connectivity index (χ2n) is 4.02. The second kappa shape index (κ2) is 5.51. The Bertz CT molecular complexity index is 353. The number of rotatable bonds is 5. The van der Waals surface area contributed by atoms with E-state index >= 15 is 0 Å². The maximum absolute atomic E-state index is 6.07. The van der Waals surface area contributed by atoms with Crippen LogP contribution in [0.2, 0.25) is 5.02 Å². The van der Waals surface area contributed by atoms with Gasteiger partial charge in [0.15, 0.2) is 0 Å². The Morgan fingerprint density at radius 1 is 1.50 bits per heavy atom. The van der Waals surface area contributed by atoms with Gasteiger partial charge in [0.2, 0.25) is 0 Å². The van der Waals surface area contributed by atoms with Crippen LogP contribution in [0.1, 0.15) is 31.9 Å². The van der Waals surface area contributed by atoms with Crippen LogP contribution < -0.4 is 5.32 Å². The molecule has 2 rings (SSSR count). The second-order valence-corrected chi connectivity index (χ2v) is 4.43. The van der Waals surface area contributed by atoms with Gasteiger partial charge in [-0.05, 0) is 38.3 Å². The predicted octanol–water partition coefficient (Wildman–Crippen LogP) is 3.24. The fourth-order valence-corrected chi connectivity index (χ4v) is 1.76. The molecule has 0 aliphatic heterocycles. The smallest absolute Gasteiger partial charge is 0.126 e. The van der Waals surface area contributed by atoms with E-state index in [0.29, 0.717) is 17.7 Å². The molecule has 0 bridgehead atoms. The minimum absolute atomic E-state index is 0.417. The van der Waals surface area contributed by atoms with Crippen molar-refractivity contribution in [1.29, 1.82) is 0 Å². The summed E-state index contributed by atoms with van der Waals surface area (Å²) in [6.07, 6.45) is 4.04. The third kappa shape index (κ3) is 2.86. The number of ether oxygens (including phenoxy) is 1. The quantitative estimate of drug-likeness (QED) is 0.858. The van der Waals surface area contributed by atoms with E-state index in [0.717, 1.165) is 18.1 Å². The van der Waals surface area contributed by atoms with Crippen molar-refractivity contribution in [2.75, 3.05) is 11.9 Å². The lowest BCUT2D eigenvalue weighted by atomic mass is 9.96. The van der Waals surface area contributed by atoms with E-state index < -0.39 is 0 Å². The van der Waals surface area contributed by atoms with Gasteiger partial charge < -0.3 is 10.1 Å². The molecule has 1 saturated carbocycles. The monoisotopic (exact) mass is 240 g/mol. The van der Waals surface area contributed by atoms with Gasteiger partial charge in [-0.25, -0.2) is 4.98 Å². The lowest BCUT2D eigenvalue weighted by Crippen LogP contribution is -2.21. The fourth-order valence-electron chi connectivity index (χ4n) is 1.60. The first-order valence-corrected chi connectivity index (χ1v) is 6.18. The van der Waals surface area contributed by atoms with Gasteiger partial charge >= 0.3 is 0 Å². The van der Waals surface area contributed by atoms with Gasteiger partial charge in [-0.3, -0.25) is 0 Å². The average molecular weight is 241 g/mol. The molecule has 0 saturated heterocycles. The topological polar surface area (TPSA) is 34.1 Å². The average Bonchev–Trinajstić information content (AvgIpc) is 2.21. The van der Waals surface area contributed by atoms with E-state index in [1.165, 1.54) is 19.3 Å². The molecule has 1 fully saturated rings. The Morgan fingerprint density at radius 3 is 2.94 bits per heavy atom. The Balaban J connectivity index is 1.96. The summed E-state index contributed by atoms with van der Waals surface area (Å²) >= 11 is 6.07. The van der Waals surface area contributed by atoms with E-state index in [9.17, 15) is 0 Å². The standard InChI is InChI=1S/C12H17ClN2O/c1-2-14-12-7-6-10(13)11(15-12)8-16-9-4-3-5-9/h6-7,9H,2-5,8H2,1H3,(H,14,15). The van der Waals surface area contributed by atoms with Gasteiger partial charge in [0.25, 0.3) is 0 Å². The molecular weight excluding hydrogens is 224 g/mol.